The lowest BCUT2D eigenvalue weighted by molar-refractivity contribution is -0.330. The van der Waals surface area contributed by atoms with E-state index in [0.29, 0.717) is 5.92 Å². The van der Waals surface area contributed by atoms with Crippen molar-refractivity contribution in [1.29, 1.82) is 0 Å². The van der Waals surface area contributed by atoms with Crippen LogP contribution < -0.4 is 10.6 Å². The van der Waals surface area contributed by atoms with Crippen molar-refractivity contribution in [2.45, 2.75) is 62.6 Å². The lowest BCUT2D eigenvalue weighted by Gasteiger charge is -2.61. The smallest absolute Gasteiger partial charge is 0.441 e. The largest absolute Gasteiger partial charge is 0.522 e. The van der Waals surface area contributed by atoms with Gasteiger partial charge in [-0.05, 0) is 25.2 Å². The van der Waals surface area contributed by atoms with Crippen LogP contribution in [-0.4, -0.2) is 61.4 Å². The molecule has 3 aliphatic carbocycles. The van der Waals surface area contributed by atoms with E-state index in [1.165, 1.54) is 6.07 Å². The van der Waals surface area contributed by atoms with Crippen LogP contribution >= 0.6 is 0 Å². The number of alkyl halides is 6. The topological polar surface area (TPSA) is 128 Å². The quantitative estimate of drug-likeness (QED) is 0.349. The Morgan fingerprint density at radius 2 is 2.03 bits per heavy atom. The molecular formula is C22H21F6N7O4. The van der Waals surface area contributed by atoms with Crippen molar-refractivity contribution < 1.29 is 45.3 Å². The van der Waals surface area contributed by atoms with E-state index in [1.807, 2.05) is 0 Å². The molecule has 4 heterocycles. The maximum atomic E-state index is 15.1. The molecule has 210 valence electrons. The van der Waals surface area contributed by atoms with E-state index in [-0.39, 0.29) is 40.9 Å². The summed E-state index contributed by atoms with van der Waals surface area (Å²) in [6, 6.07) is 2.27. The van der Waals surface area contributed by atoms with Gasteiger partial charge in [-0.25, -0.2) is 27.9 Å². The van der Waals surface area contributed by atoms with Gasteiger partial charge in [-0.1, -0.05) is 0 Å². The molecule has 0 unspecified atom stereocenters. The van der Waals surface area contributed by atoms with E-state index in [9.17, 15) is 26.7 Å². The number of carbonyl (C=O) groups is 1. The molecular weight excluding hydrogens is 540 g/mol. The number of aromatic nitrogens is 5. The number of fused-ring (bicyclic) bond motifs is 1. The SMILES string of the molecule is O=C(NC12CC(C1)C2)O[C@@H]1CO[C@H](c2cc(Nc3nc(C(F)F)cc4nc(COC(F)(F)F)cn34)n[nH]2)[C@H]1F. The third-order valence-corrected chi connectivity index (χ3v) is 7.02. The minimum Gasteiger partial charge on any atom is -0.441 e. The number of anilines is 2. The first kappa shape index (κ1) is 25.7. The summed E-state index contributed by atoms with van der Waals surface area (Å²) in [5, 5.41) is 12.0. The van der Waals surface area contributed by atoms with E-state index in [1.54, 1.807) is 0 Å². The Morgan fingerprint density at radius 1 is 1.26 bits per heavy atom. The number of hydrogen-bond acceptors (Lipinski definition) is 8. The number of hydrogen-bond donors (Lipinski definition) is 3. The Kier molecular flexibility index (Phi) is 6.09. The fourth-order valence-electron chi connectivity index (χ4n) is 5.10. The summed E-state index contributed by atoms with van der Waals surface area (Å²) in [7, 11) is 0. The van der Waals surface area contributed by atoms with Crippen LogP contribution in [0.1, 0.15) is 48.9 Å². The van der Waals surface area contributed by atoms with Crippen LogP contribution in [0.4, 0.5) is 42.9 Å². The summed E-state index contributed by atoms with van der Waals surface area (Å²) in [5.41, 5.74) is -1.04. The number of alkyl carbamates (subject to hydrolysis) is 1. The second-order valence-corrected chi connectivity index (χ2v) is 9.86. The van der Waals surface area contributed by atoms with Crippen molar-refractivity contribution in [1.82, 2.24) is 29.9 Å². The summed E-state index contributed by atoms with van der Waals surface area (Å²) < 4.78 is 94.7. The van der Waals surface area contributed by atoms with Gasteiger partial charge < -0.3 is 20.1 Å². The highest BCUT2D eigenvalue weighted by Crippen LogP contribution is 2.57. The van der Waals surface area contributed by atoms with Gasteiger partial charge in [-0.2, -0.15) is 5.10 Å². The first-order chi connectivity index (χ1) is 18.5. The molecule has 17 heteroatoms. The fraction of sp³-hybridized carbons (Fsp3) is 0.545. The fourth-order valence-corrected chi connectivity index (χ4v) is 5.10. The van der Waals surface area contributed by atoms with Crippen molar-refractivity contribution >= 4 is 23.5 Å². The predicted octanol–water partition coefficient (Wildman–Crippen LogP) is 4.23. The number of ether oxygens (including phenoxy) is 3. The number of nitrogens with one attached hydrogen (secondary N) is 3. The van der Waals surface area contributed by atoms with Gasteiger partial charge >= 0.3 is 12.5 Å². The van der Waals surface area contributed by atoms with Crippen LogP contribution in [0.2, 0.25) is 0 Å². The van der Waals surface area contributed by atoms with Crippen LogP contribution in [0.5, 0.6) is 0 Å². The molecule has 3 aromatic rings. The summed E-state index contributed by atoms with van der Waals surface area (Å²) in [6.45, 7) is -1.13. The molecule has 11 nitrogen and oxygen atoms in total. The molecule has 4 aliphatic rings. The monoisotopic (exact) mass is 561 g/mol. The third-order valence-electron chi connectivity index (χ3n) is 7.02. The highest BCUT2D eigenvalue weighted by molar-refractivity contribution is 5.69. The Labute approximate surface area is 215 Å². The summed E-state index contributed by atoms with van der Waals surface area (Å²) in [6.07, 6.45) is -8.78. The van der Waals surface area contributed by atoms with Gasteiger partial charge in [-0.3, -0.25) is 14.2 Å². The molecule has 0 radical (unpaired) electrons. The number of aromatic amines is 1. The van der Waals surface area contributed by atoms with E-state index in [2.05, 4.69) is 35.5 Å². The zero-order chi connectivity index (χ0) is 27.5. The highest BCUT2D eigenvalue weighted by atomic mass is 19.4. The molecule has 0 aromatic carbocycles. The van der Waals surface area contributed by atoms with E-state index >= 15 is 4.39 Å². The van der Waals surface area contributed by atoms with Crippen LogP contribution in [0.3, 0.4) is 0 Å². The summed E-state index contributed by atoms with van der Waals surface area (Å²) in [5.74, 6) is 0.431. The zero-order valence-electron chi connectivity index (χ0n) is 19.8. The molecule has 1 aliphatic heterocycles. The first-order valence-corrected chi connectivity index (χ1v) is 11.9. The summed E-state index contributed by atoms with van der Waals surface area (Å²) in [4.78, 5) is 19.9. The second-order valence-electron chi connectivity index (χ2n) is 9.86. The molecule has 3 N–H and O–H groups in total. The lowest BCUT2D eigenvalue weighted by atomic mass is 9.50. The Bertz CT molecular complexity index is 1380. The molecule has 3 atom stereocenters. The van der Waals surface area contributed by atoms with E-state index in [4.69, 9.17) is 9.47 Å². The number of nitrogens with zero attached hydrogens (tertiary/aromatic N) is 4. The van der Waals surface area contributed by atoms with Gasteiger partial charge in [-0.15, -0.1) is 13.2 Å². The standard InChI is InChI=1S/C22H21F6N7O4/c23-16-13(39-20(36)32-21-3-9(4-21)5-21)8-37-17(16)11-1-14(34-33-11)31-19-30-12(18(24)25)2-15-29-10(6-35(15)19)7-38-22(26,27)28/h1-2,6,9,13,16-18H,3-5,7-8H2,(H,32,36)(H2,30,31,33,34)/t9?,13-,16+,17-,21?/m1/s1. The van der Waals surface area contributed by atoms with Gasteiger partial charge in [0.25, 0.3) is 6.43 Å². The molecule has 0 spiro atoms. The van der Waals surface area contributed by atoms with Crippen LogP contribution in [0.25, 0.3) is 5.65 Å². The number of amides is 1. The first-order valence-electron chi connectivity index (χ1n) is 11.9. The van der Waals surface area contributed by atoms with Gasteiger partial charge in [0, 0.05) is 23.9 Å². The number of imidazole rings is 1. The van der Waals surface area contributed by atoms with Gasteiger partial charge in [0.1, 0.15) is 17.4 Å². The minimum atomic E-state index is -4.91. The normalized spacial score (nSPS) is 27.9. The molecule has 1 amide bonds. The van der Waals surface area contributed by atoms with Crippen molar-refractivity contribution in [3.8, 4) is 0 Å². The number of carbonyl (C=O) groups excluding carboxylic acids is 1. The Balaban J connectivity index is 1.15. The Morgan fingerprint density at radius 3 is 2.69 bits per heavy atom. The van der Waals surface area contributed by atoms with E-state index in [0.717, 1.165) is 35.9 Å². The molecule has 3 saturated carbocycles. The van der Waals surface area contributed by atoms with Crippen LogP contribution in [0.15, 0.2) is 18.3 Å². The molecule has 3 aromatic heterocycles. The predicted molar refractivity (Wildman–Crippen MR) is 118 cm³/mol. The maximum Gasteiger partial charge on any atom is 0.522 e. The molecule has 2 bridgehead atoms. The average Bonchev–Trinajstić information content (AvgIpc) is 3.53. The number of rotatable bonds is 8. The lowest BCUT2D eigenvalue weighted by Crippen LogP contribution is -2.68. The molecule has 4 fully saturated rings. The third kappa shape index (κ3) is 5.07. The van der Waals surface area contributed by atoms with Crippen LogP contribution in [-0.2, 0) is 20.8 Å². The molecule has 39 heavy (non-hydrogen) atoms. The number of H-pyrrole nitrogens is 1. The van der Waals surface area contributed by atoms with Gasteiger partial charge in [0.05, 0.1) is 24.6 Å². The Hall–Kier alpha value is -3.60. The van der Waals surface area contributed by atoms with Crippen molar-refractivity contribution in [3.05, 3.63) is 35.4 Å². The van der Waals surface area contributed by atoms with E-state index < -0.39 is 49.6 Å². The van der Waals surface area contributed by atoms with Crippen molar-refractivity contribution in [2.75, 3.05) is 11.9 Å². The van der Waals surface area contributed by atoms with Crippen LogP contribution in [0, 0.1) is 5.92 Å². The van der Waals surface area contributed by atoms with Gasteiger partial charge in [0.2, 0.25) is 5.95 Å². The average molecular weight is 561 g/mol. The molecule has 7 rings (SSSR count). The highest BCUT2D eigenvalue weighted by Gasteiger charge is 2.58. The van der Waals surface area contributed by atoms with Gasteiger partial charge in [0.15, 0.2) is 18.1 Å². The second kappa shape index (κ2) is 9.25. The summed E-state index contributed by atoms with van der Waals surface area (Å²) >= 11 is 0. The minimum absolute atomic E-state index is 0.0218. The van der Waals surface area contributed by atoms with Crippen molar-refractivity contribution in [2.24, 2.45) is 5.92 Å². The zero-order valence-corrected chi connectivity index (χ0v) is 19.8. The molecule has 1 saturated heterocycles. The van der Waals surface area contributed by atoms with Crippen molar-refractivity contribution in [3.63, 3.8) is 0 Å². The number of halogens is 6. The maximum absolute atomic E-state index is 15.1.